The molecule has 1 aromatic heterocycles. The number of fused-ring (bicyclic) bond motifs is 2. The molecule has 0 saturated carbocycles. The SMILES string of the molecule is COCOc1cc(N(CCn2ccnc2)C(=O)OC(C)(C)C)cc2c1C(=O)O[C@@H](C)[C@H](C)/C=C\C(=O)[C@H]1OC(C)(C)O[C@H]1C/C=C/2. The van der Waals surface area contributed by atoms with Crippen LogP contribution in [0.4, 0.5) is 10.5 Å². The van der Waals surface area contributed by atoms with Crippen LogP contribution in [-0.2, 0) is 35.0 Å². The number of amides is 1. The lowest BCUT2D eigenvalue weighted by molar-refractivity contribution is -0.152. The molecule has 1 fully saturated rings. The second-order valence-electron chi connectivity index (χ2n) is 12.9. The molecule has 2 aliphatic heterocycles. The van der Waals surface area contributed by atoms with Crippen molar-refractivity contribution < 1.29 is 42.8 Å². The number of hydrogen-bond acceptors (Lipinski definition) is 10. The molecule has 4 atom stereocenters. The molecule has 1 amide bonds. The Labute approximate surface area is 270 Å². The molecule has 2 aromatic rings. The van der Waals surface area contributed by atoms with E-state index in [0.29, 0.717) is 24.2 Å². The van der Waals surface area contributed by atoms with E-state index in [1.165, 1.54) is 18.1 Å². The fourth-order valence-electron chi connectivity index (χ4n) is 5.05. The van der Waals surface area contributed by atoms with Crippen LogP contribution in [0.3, 0.4) is 0 Å². The Kier molecular flexibility index (Phi) is 11.1. The Hall–Kier alpha value is -4.00. The van der Waals surface area contributed by atoms with Gasteiger partial charge in [0.05, 0.1) is 18.1 Å². The number of methoxy groups -OCH3 is 1. The van der Waals surface area contributed by atoms with Crippen molar-refractivity contribution in [3.8, 4) is 5.75 Å². The number of imidazole rings is 1. The lowest BCUT2D eigenvalue weighted by Gasteiger charge is -2.29. The Bertz CT molecular complexity index is 1440. The number of aromatic nitrogens is 2. The first kappa shape index (κ1) is 34.9. The molecule has 0 unspecified atom stereocenters. The zero-order valence-electron chi connectivity index (χ0n) is 27.8. The third-order valence-corrected chi connectivity index (χ3v) is 7.45. The molecule has 4 rings (SSSR count). The molecule has 1 aromatic carbocycles. The van der Waals surface area contributed by atoms with E-state index in [0.717, 1.165) is 0 Å². The fraction of sp³-hybridized carbons (Fsp3) is 0.529. The number of nitrogens with zero attached hydrogens (tertiary/aromatic N) is 3. The van der Waals surface area contributed by atoms with Crippen molar-refractivity contribution in [3.05, 3.63) is 60.2 Å². The summed E-state index contributed by atoms with van der Waals surface area (Å²) in [5, 5.41) is 0. The number of ether oxygens (including phenoxy) is 6. The van der Waals surface area contributed by atoms with Crippen molar-refractivity contribution in [1.29, 1.82) is 0 Å². The molecule has 0 aliphatic carbocycles. The third kappa shape index (κ3) is 9.05. The molecule has 0 radical (unpaired) electrons. The van der Waals surface area contributed by atoms with Gasteiger partial charge >= 0.3 is 12.1 Å². The van der Waals surface area contributed by atoms with Crippen LogP contribution < -0.4 is 9.64 Å². The standard InChI is InChI=1S/C34H45N3O9/c1-22-12-13-26(38)30-27(44-34(6,7)45-30)11-9-10-24-18-25(19-28(42-21-41-8)29(24)31(39)43-23(22)2)37(32(40)46-33(3,4)5)17-16-36-15-14-35-20-36/h9-10,12-15,18-20,22-23,27,30H,11,16-17,21H2,1-8H3/b10-9+,13-12-/t22-,23+,27+,30-/m1/s1. The summed E-state index contributed by atoms with van der Waals surface area (Å²) in [7, 11) is 1.47. The molecule has 0 bridgehead atoms. The normalized spacial score (nSPS) is 24.6. The van der Waals surface area contributed by atoms with E-state index < -0.39 is 41.8 Å². The number of cyclic esters (lactones) is 1. The number of esters is 1. The van der Waals surface area contributed by atoms with Gasteiger partial charge in [-0.15, -0.1) is 0 Å². The molecule has 3 heterocycles. The highest BCUT2D eigenvalue weighted by molar-refractivity contribution is 5.99. The maximum Gasteiger partial charge on any atom is 0.414 e. The van der Waals surface area contributed by atoms with E-state index in [2.05, 4.69) is 4.98 Å². The number of rotatable bonds is 7. The summed E-state index contributed by atoms with van der Waals surface area (Å²) in [4.78, 5) is 46.1. The number of carbonyl (C=O) groups excluding carboxylic acids is 3. The Morgan fingerprint density at radius 3 is 2.59 bits per heavy atom. The smallest absolute Gasteiger partial charge is 0.414 e. The highest BCUT2D eigenvalue weighted by Gasteiger charge is 2.43. The van der Waals surface area contributed by atoms with Gasteiger partial charge in [0.2, 0.25) is 0 Å². The Balaban J connectivity index is 1.83. The molecule has 0 N–H and O–H groups in total. The van der Waals surface area contributed by atoms with Gasteiger partial charge in [-0.25, -0.2) is 14.6 Å². The minimum Gasteiger partial charge on any atom is -0.467 e. The number of benzene rings is 1. The van der Waals surface area contributed by atoms with Gasteiger partial charge in [0, 0.05) is 44.6 Å². The van der Waals surface area contributed by atoms with Crippen molar-refractivity contribution >= 4 is 29.6 Å². The second kappa shape index (κ2) is 14.6. The van der Waals surface area contributed by atoms with Crippen LogP contribution in [-0.4, -0.2) is 77.5 Å². The summed E-state index contributed by atoms with van der Waals surface area (Å²) >= 11 is 0. The molecule has 12 heteroatoms. The average Bonchev–Trinajstić information content (AvgIpc) is 3.60. The summed E-state index contributed by atoms with van der Waals surface area (Å²) in [5.74, 6) is -1.94. The van der Waals surface area contributed by atoms with Gasteiger partial charge in [-0.1, -0.05) is 25.2 Å². The topological polar surface area (TPSA) is 128 Å². The van der Waals surface area contributed by atoms with Crippen LogP contribution in [0.2, 0.25) is 0 Å². The van der Waals surface area contributed by atoms with Crippen molar-refractivity contribution in [1.82, 2.24) is 9.55 Å². The lowest BCUT2D eigenvalue weighted by Crippen LogP contribution is -2.38. The maximum absolute atomic E-state index is 13.8. The first-order valence-corrected chi connectivity index (χ1v) is 15.4. The van der Waals surface area contributed by atoms with Crippen molar-refractivity contribution in [2.75, 3.05) is 25.3 Å². The van der Waals surface area contributed by atoms with Gasteiger partial charge in [-0.2, -0.15) is 0 Å². The van der Waals surface area contributed by atoms with Gasteiger partial charge in [0.15, 0.2) is 18.4 Å². The van der Waals surface area contributed by atoms with Crippen LogP contribution >= 0.6 is 0 Å². The fourth-order valence-corrected chi connectivity index (χ4v) is 5.05. The van der Waals surface area contributed by atoms with Crippen LogP contribution in [0.1, 0.15) is 70.8 Å². The number of carbonyl (C=O) groups is 3. The quantitative estimate of drug-likeness (QED) is 0.281. The van der Waals surface area contributed by atoms with E-state index in [1.54, 1.807) is 90.6 Å². The van der Waals surface area contributed by atoms with Crippen LogP contribution in [0.25, 0.3) is 6.08 Å². The van der Waals surface area contributed by atoms with Gasteiger partial charge in [0.1, 0.15) is 29.1 Å². The molecule has 0 spiro atoms. The monoisotopic (exact) mass is 639 g/mol. The first-order chi connectivity index (χ1) is 21.7. The first-order valence-electron chi connectivity index (χ1n) is 15.4. The van der Waals surface area contributed by atoms with Gasteiger partial charge in [-0.3, -0.25) is 9.69 Å². The highest BCUT2D eigenvalue weighted by atomic mass is 16.8. The van der Waals surface area contributed by atoms with Crippen LogP contribution in [0.15, 0.2) is 49.1 Å². The minimum atomic E-state index is -0.950. The third-order valence-electron chi connectivity index (χ3n) is 7.45. The Morgan fingerprint density at radius 1 is 1.15 bits per heavy atom. The summed E-state index contributed by atoms with van der Waals surface area (Å²) in [6, 6.07) is 3.32. The van der Waals surface area contributed by atoms with E-state index in [1.807, 2.05) is 11.5 Å². The largest absolute Gasteiger partial charge is 0.467 e. The summed E-state index contributed by atoms with van der Waals surface area (Å²) in [5.41, 5.74) is 0.256. The molecule has 2 aliphatic rings. The molecule has 12 nitrogen and oxygen atoms in total. The van der Waals surface area contributed by atoms with E-state index >= 15 is 0 Å². The molecular formula is C34H45N3O9. The average molecular weight is 640 g/mol. The summed E-state index contributed by atoms with van der Waals surface area (Å²) in [6.45, 7) is 13.0. The predicted octanol–water partition coefficient (Wildman–Crippen LogP) is 5.55. The van der Waals surface area contributed by atoms with Crippen LogP contribution in [0.5, 0.6) is 5.75 Å². The van der Waals surface area contributed by atoms with E-state index in [4.69, 9.17) is 28.4 Å². The van der Waals surface area contributed by atoms with E-state index in [-0.39, 0.29) is 36.4 Å². The second-order valence-corrected chi connectivity index (χ2v) is 12.9. The molecular weight excluding hydrogens is 594 g/mol. The minimum absolute atomic E-state index is 0.158. The number of anilines is 1. The lowest BCUT2D eigenvalue weighted by atomic mass is 9.99. The molecule has 46 heavy (non-hydrogen) atoms. The van der Waals surface area contributed by atoms with Crippen molar-refractivity contribution in [3.63, 3.8) is 0 Å². The van der Waals surface area contributed by atoms with Crippen molar-refractivity contribution in [2.24, 2.45) is 5.92 Å². The number of hydrogen-bond donors (Lipinski definition) is 0. The molecule has 250 valence electrons. The zero-order chi connectivity index (χ0) is 33.6. The summed E-state index contributed by atoms with van der Waals surface area (Å²) in [6.07, 6.45) is 9.60. The van der Waals surface area contributed by atoms with Gasteiger partial charge < -0.3 is 33.0 Å². The maximum atomic E-state index is 13.8. The van der Waals surface area contributed by atoms with Crippen LogP contribution in [0, 0.1) is 5.92 Å². The highest BCUT2D eigenvalue weighted by Crippen LogP contribution is 2.35. The van der Waals surface area contributed by atoms with Crippen molar-refractivity contribution in [2.45, 2.75) is 91.1 Å². The Morgan fingerprint density at radius 2 is 1.91 bits per heavy atom. The van der Waals surface area contributed by atoms with Gasteiger partial charge in [0.25, 0.3) is 0 Å². The predicted molar refractivity (Wildman–Crippen MR) is 170 cm³/mol. The zero-order valence-corrected chi connectivity index (χ0v) is 27.8. The number of ketones is 1. The summed E-state index contributed by atoms with van der Waals surface area (Å²) < 4.78 is 36.7. The van der Waals surface area contributed by atoms with Gasteiger partial charge in [-0.05, 0) is 65.7 Å². The van der Waals surface area contributed by atoms with E-state index in [9.17, 15) is 14.4 Å². The molecule has 1 saturated heterocycles.